The van der Waals surface area contributed by atoms with E-state index in [9.17, 15) is 0 Å². The van der Waals surface area contributed by atoms with Crippen molar-refractivity contribution in [3.8, 4) is 22.3 Å². The fraction of sp³-hybridized carbons (Fsp3) is 0.250. The van der Waals surface area contributed by atoms with E-state index in [2.05, 4.69) is 39.5 Å². The standard InChI is InChI=1S/C16H16N6OS/c1-2-10-5-3-6-11(9-10)22-14(17)13(19-21-22)16-18-15(20-23-16)12-7-4-8-24-12/h4-5,7-9H,2-3,6,17H2,1H3. The van der Waals surface area contributed by atoms with Crippen LogP contribution in [0.5, 0.6) is 0 Å². The Morgan fingerprint density at radius 3 is 3.12 bits per heavy atom. The van der Waals surface area contributed by atoms with Gasteiger partial charge in [0.1, 0.15) is 0 Å². The quantitative estimate of drug-likeness (QED) is 0.779. The molecule has 122 valence electrons. The third-order valence-corrected chi connectivity index (χ3v) is 4.78. The number of hydrogen-bond donors (Lipinski definition) is 1. The summed E-state index contributed by atoms with van der Waals surface area (Å²) >= 11 is 1.55. The van der Waals surface area contributed by atoms with Crippen molar-refractivity contribution in [2.75, 3.05) is 5.73 Å². The van der Waals surface area contributed by atoms with Gasteiger partial charge in [0.2, 0.25) is 5.82 Å². The fourth-order valence-corrected chi connectivity index (χ4v) is 3.29. The van der Waals surface area contributed by atoms with Crippen LogP contribution in [0.15, 0.2) is 39.8 Å². The van der Waals surface area contributed by atoms with E-state index in [1.54, 1.807) is 16.0 Å². The number of nitrogens with zero attached hydrogens (tertiary/aromatic N) is 5. The summed E-state index contributed by atoms with van der Waals surface area (Å²) in [6, 6.07) is 3.88. The lowest BCUT2D eigenvalue weighted by Gasteiger charge is -2.13. The van der Waals surface area contributed by atoms with Gasteiger partial charge in [0.25, 0.3) is 5.89 Å². The van der Waals surface area contributed by atoms with Crippen LogP contribution in [-0.2, 0) is 0 Å². The average Bonchev–Trinajstić information content (AvgIpc) is 3.34. The lowest BCUT2D eigenvalue weighted by molar-refractivity contribution is 0.431. The van der Waals surface area contributed by atoms with Gasteiger partial charge < -0.3 is 10.3 Å². The predicted octanol–water partition coefficient (Wildman–Crippen LogP) is 3.61. The Balaban J connectivity index is 1.68. The number of nitrogens with two attached hydrogens (primary N) is 1. The topological polar surface area (TPSA) is 95.6 Å². The van der Waals surface area contributed by atoms with Crippen molar-refractivity contribution < 1.29 is 4.52 Å². The van der Waals surface area contributed by atoms with Crippen LogP contribution in [0.2, 0.25) is 0 Å². The fourth-order valence-electron chi connectivity index (χ4n) is 2.64. The van der Waals surface area contributed by atoms with Gasteiger partial charge in [-0.3, -0.25) is 0 Å². The zero-order chi connectivity index (χ0) is 16.5. The van der Waals surface area contributed by atoms with Crippen LogP contribution in [-0.4, -0.2) is 25.1 Å². The van der Waals surface area contributed by atoms with Crippen molar-refractivity contribution >= 4 is 22.9 Å². The first kappa shape index (κ1) is 14.8. The summed E-state index contributed by atoms with van der Waals surface area (Å²) in [5, 5.41) is 14.3. The molecule has 0 bridgehead atoms. The molecular formula is C16H16N6OS. The molecule has 0 fully saturated rings. The highest BCUT2D eigenvalue weighted by molar-refractivity contribution is 7.13. The number of aromatic nitrogens is 5. The second-order valence-electron chi connectivity index (χ2n) is 5.44. The second-order valence-corrected chi connectivity index (χ2v) is 6.39. The van der Waals surface area contributed by atoms with E-state index in [1.165, 1.54) is 5.57 Å². The van der Waals surface area contributed by atoms with Gasteiger partial charge in [-0.25, -0.2) is 4.68 Å². The maximum atomic E-state index is 6.23. The van der Waals surface area contributed by atoms with Gasteiger partial charge in [0, 0.05) is 5.70 Å². The Bertz CT molecular complexity index is 918. The highest BCUT2D eigenvalue weighted by Crippen LogP contribution is 2.30. The summed E-state index contributed by atoms with van der Waals surface area (Å²) in [5.41, 5.74) is 8.96. The minimum Gasteiger partial charge on any atom is -0.382 e. The molecule has 0 saturated carbocycles. The molecule has 4 rings (SSSR count). The zero-order valence-electron chi connectivity index (χ0n) is 13.1. The SMILES string of the molecule is CCC1=CCCC(n2nnc(-c3nc(-c4cccs4)no3)c2N)=C1. The van der Waals surface area contributed by atoms with Crippen molar-refractivity contribution in [1.29, 1.82) is 0 Å². The van der Waals surface area contributed by atoms with Gasteiger partial charge in [0.05, 0.1) is 4.88 Å². The Morgan fingerprint density at radius 1 is 1.42 bits per heavy atom. The monoisotopic (exact) mass is 340 g/mol. The minimum atomic E-state index is 0.282. The van der Waals surface area contributed by atoms with Gasteiger partial charge in [-0.2, -0.15) is 4.98 Å². The lowest BCUT2D eigenvalue weighted by Crippen LogP contribution is -2.06. The molecule has 0 atom stereocenters. The highest BCUT2D eigenvalue weighted by Gasteiger charge is 2.21. The zero-order valence-corrected chi connectivity index (χ0v) is 14.0. The van der Waals surface area contributed by atoms with Crippen molar-refractivity contribution in [1.82, 2.24) is 25.1 Å². The van der Waals surface area contributed by atoms with E-state index in [1.807, 2.05) is 17.5 Å². The molecule has 8 heteroatoms. The highest BCUT2D eigenvalue weighted by atomic mass is 32.1. The molecule has 0 aromatic carbocycles. The van der Waals surface area contributed by atoms with E-state index in [0.29, 0.717) is 17.3 Å². The first-order valence-corrected chi connectivity index (χ1v) is 8.63. The molecule has 7 nitrogen and oxygen atoms in total. The normalized spacial score (nSPS) is 14.5. The third-order valence-electron chi connectivity index (χ3n) is 3.91. The molecule has 1 aliphatic carbocycles. The summed E-state index contributed by atoms with van der Waals surface area (Å²) < 4.78 is 6.98. The molecule has 0 aliphatic heterocycles. The Hall–Kier alpha value is -2.74. The largest absolute Gasteiger partial charge is 0.382 e. The molecule has 24 heavy (non-hydrogen) atoms. The molecule has 1 aliphatic rings. The number of allylic oxidation sites excluding steroid dienone is 4. The molecule has 2 N–H and O–H groups in total. The molecule has 3 aromatic rings. The lowest BCUT2D eigenvalue weighted by atomic mass is 10.0. The van der Waals surface area contributed by atoms with Crippen LogP contribution in [0, 0.1) is 0 Å². The van der Waals surface area contributed by atoms with Crippen LogP contribution in [0.4, 0.5) is 5.82 Å². The van der Waals surface area contributed by atoms with E-state index < -0.39 is 0 Å². The molecule has 0 amide bonds. The van der Waals surface area contributed by atoms with E-state index in [0.717, 1.165) is 29.8 Å². The van der Waals surface area contributed by atoms with Crippen molar-refractivity contribution in [3.63, 3.8) is 0 Å². The molecular weight excluding hydrogens is 324 g/mol. The van der Waals surface area contributed by atoms with Gasteiger partial charge in [-0.05, 0) is 36.8 Å². The van der Waals surface area contributed by atoms with Crippen LogP contribution >= 0.6 is 11.3 Å². The minimum absolute atomic E-state index is 0.282. The Kier molecular flexibility index (Phi) is 3.73. The van der Waals surface area contributed by atoms with Crippen molar-refractivity contribution in [2.24, 2.45) is 0 Å². The molecule has 0 unspecified atom stereocenters. The first-order chi connectivity index (χ1) is 11.8. The number of anilines is 1. The molecule has 0 spiro atoms. The summed E-state index contributed by atoms with van der Waals surface area (Å²) in [7, 11) is 0. The van der Waals surface area contributed by atoms with E-state index >= 15 is 0 Å². The van der Waals surface area contributed by atoms with Crippen LogP contribution in [0.3, 0.4) is 0 Å². The van der Waals surface area contributed by atoms with Crippen LogP contribution < -0.4 is 5.73 Å². The third kappa shape index (κ3) is 2.54. The Morgan fingerprint density at radius 2 is 2.33 bits per heavy atom. The second kappa shape index (κ2) is 6.04. The van der Waals surface area contributed by atoms with Crippen molar-refractivity contribution in [3.05, 3.63) is 35.2 Å². The number of thiophene rings is 1. The average molecular weight is 340 g/mol. The molecule has 3 heterocycles. The van der Waals surface area contributed by atoms with E-state index in [-0.39, 0.29) is 5.89 Å². The van der Waals surface area contributed by atoms with Crippen LogP contribution in [0.25, 0.3) is 28.0 Å². The van der Waals surface area contributed by atoms with Gasteiger partial charge >= 0.3 is 0 Å². The molecule has 0 saturated heterocycles. The summed E-state index contributed by atoms with van der Waals surface area (Å²) in [6.07, 6.45) is 7.19. The van der Waals surface area contributed by atoms with Crippen LogP contribution in [0.1, 0.15) is 26.2 Å². The van der Waals surface area contributed by atoms with E-state index in [4.69, 9.17) is 10.3 Å². The number of hydrogen-bond acceptors (Lipinski definition) is 7. The maximum absolute atomic E-state index is 6.23. The number of rotatable bonds is 4. The smallest absolute Gasteiger partial charge is 0.282 e. The molecule has 0 radical (unpaired) electrons. The van der Waals surface area contributed by atoms with Crippen molar-refractivity contribution in [2.45, 2.75) is 26.2 Å². The Labute approximate surface area is 142 Å². The summed E-state index contributed by atoms with van der Waals surface area (Å²) in [6.45, 7) is 2.13. The van der Waals surface area contributed by atoms with Gasteiger partial charge in [0.15, 0.2) is 11.5 Å². The summed E-state index contributed by atoms with van der Waals surface area (Å²) in [5.74, 6) is 1.23. The predicted molar refractivity (Wildman–Crippen MR) is 92.9 cm³/mol. The van der Waals surface area contributed by atoms with Gasteiger partial charge in [-0.15, -0.1) is 16.4 Å². The maximum Gasteiger partial charge on any atom is 0.282 e. The number of nitrogen functional groups attached to an aromatic ring is 1. The molecule has 3 aromatic heterocycles. The van der Waals surface area contributed by atoms with Gasteiger partial charge in [-0.1, -0.05) is 35.0 Å². The first-order valence-electron chi connectivity index (χ1n) is 7.75. The summed E-state index contributed by atoms with van der Waals surface area (Å²) in [4.78, 5) is 5.31.